The molecular formula is C13H18N2OS. The summed E-state index contributed by atoms with van der Waals surface area (Å²) < 4.78 is 0. The van der Waals surface area contributed by atoms with E-state index in [1.807, 2.05) is 25.2 Å². The van der Waals surface area contributed by atoms with Crippen LogP contribution in [0.2, 0.25) is 0 Å². The van der Waals surface area contributed by atoms with Crippen molar-refractivity contribution in [3.8, 4) is 0 Å². The Labute approximate surface area is 106 Å². The lowest BCUT2D eigenvalue weighted by molar-refractivity contribution is -0.118. The number of carbonyl (C=O) groups is 1. The third-order valence-corrected chi connectivity index (χ3v) is 4.36. The van der Waals surface area contributed by atoms with Crippen molar-refractivity contribution in [3.05, 3.63) is 18.2 Å². The van der Waals surface area contributed by atoms with Gasteiger partial charge in [-0.3, -0.25) is 4.79 Å². The minimum Gasteiger partial charge on any atom is -0.399 e. The highest BCUT2D eigenvalue weighted by Crippen LogP contribution is 2.40. The van der Waals surface area contributed by atoms with Gasteiger partial charge in [0.25, 0.3) is 0 Å². The number of unbranched alkanes of at least 4 members (excludes halogenated alkanes) is 1. The average molecular weight is 250 g/mol. The highest BCUT2D eigenvalue weighted by molar-refractivity contribution is 8.01. The lowest BCUT2D eigenvalue weighted by Gasteiger charge is -2.31. The summed E-state index contributed by atoms with van der Waals surface area (Å²) in [4.78, 5) is 15.1. The Hall–Kier alpha value is -1.16. The molecule has 0 saturated carbocycles. The Kier molecular flexibility index (Phi) is 3.62. The summed E-state index contributed by atoms with van der Waals surface area (Å²) in [6.45, 7) is 2.15. The zero-order chi connectivity index (χ0) is 12.4. The van der Waals surface area contributed by atoms with Crippen molar-refractivity contribution in [2.75, 3.05) is 17.7 Å². The molecule has 3 nitrogen and oxygen atoms in total. The average Bonchev–Trinajstić information content (AvgIpc) is 2.33. The number of hydrogen-bond acceptors (Lipinski definition) is 3. The topological polar surface area (TPSA) is 46.3 Å². The van der Waals surface area contributed by atoms with E-state index in [1.165, 1.54) is 0 Å². The number of thioether (sulfide) groups is 1. The van der Waals surface area contributed by atoms with Crippen molar-refractivity contribution < 1.29 is 4.79 Å². The summed E-state index contributed by atoms with van der Waals surface area (Å²) >= 11 is 1.67. The smallest absolute Gasteiger partial charge is 0.240 e. The van der Waals surface area contributed by atoms with Gasteiger partial charge in [0, 0.05) is 17.6 Å². The Morgan fingerprint density at radius 3 is 2.94 bits per heavy atom. The molecule has 1 amide bonds. The van der Waals surface area contributed by atoms with Gasteiger partial charge in [-0.15, -0.1) is 11.8 Å². The van der Waals surface area contributed by atoms with Crippen LogP contribution in [0.4, 0.5) is 11.4 Å². The zero-order valence-corrected chi connectivity index (χ0v) is 11.1. The van der Waals surface area contributed by atoms with Crippen molar-refractivity contribution in [1.29, 1.82) is 0 Å². The highest BCUT2D eigenvalue weighted by Gasteiger charge is 2.30. The van der Waals surface area contributed by atoms with Gasteiger partial charge in [0.15, 0.2) is 0 Å². The number of benzene rings is 1. The SMILES string of the molecule is CCCCC1Sc2ccc(N)cc2N(C)C1=O. The second-order valence-corrected chi connectivity index (χ2v) is 5.62. The van der Waals surface area contributed by atoms with Crippen LogP contribution in [0, 0.1) is 0 Å². The summed E-state index contributed by atoms with van der Waals surface area (Å²) in [5.74, 6) is 0.196. The van der Waals surface area contributed by atoms with Gasteiger partial charge < -0.3 is 10.6 Å². The summed E-state index contributed by atoms with van der Waals surface area (Å²) in [5, 5.41) is 0.0658. The van der Waals surface area contributed by atoms with Gasteiger partial charge in [-0.1, -0.05) is 19.8 Å². The van der Waals surface area contributed by atoms with E-state index in [2.05, 4.69) is 6.92 Å². The van der Waals surface area contributed by atoms with E-state index in [9.17, 15) is 4.79 Å². The number of fused-ring (bicyclic) bond motifs is 1. The van der Waals surface area contributed by atoms with Crippen LogP contribution in [0.1, 0.15) is 26.2 Å². The van der Waals surface area contributed by atoms with Gasteiger partial charge in [-0.25, -0.2) is 0 Å². The molecule has 0 bridgehead atoms. The summed E-state index contributed by atoms with van der Waals surface area (Å²) in [7, 11) is 1.83. The number of anilines is 2. The number of hydrogen-bond donors (Lipinski definition) is 1. The highest BCUT2D eigenvalue weighted by atomic mass is 32.2. The Bertz CT molecular complexity index is 433. The molecule has 0 fully saturated rings. The lowest BCUT2D eigenvalue weighted by Crippen LogP contribution is -2.38. The molecule has 92 valence electrons. The molecule has 0 aromatic heterocycles. The third kappa shape index (κ3) is 2.41. The molecule has 1 aliphatic rings. The number of amides is 1. The zero-order valence-electron chi connectivity index (χ0n) is 10.3. The van der Waals surface area contributed by atoms with Crippen molar-refractivity contribution in [3.63, 3.8) is 0 Å². The molecule has 1 aromatic carbocycles. The molecule has 4 heteroatoms. The van der Waals surface area contributed by atoms with Crippen molar-refractivity contribution in [1.82, 2.24) is 0 Å². The summed E-state index contributed by atoms with van der Waals surface area (Å²) in [5.41, 5.74) is 7.40. The molecule has 2 N–H and O–H groups in total. The molecule has 0 radical (unpaired) electrons. The predicted molar refractivity (Wildman–Crippen MR) is 73.4 cm³/mol. The van der Waals surface area contributed by atoms with Gasteiger partial charge in [0.05, 0.1) is 10.9 Å². The van der Waals surface area contributed by atoms with E-state index < -0.39 is 0 Å². The van der Waals surface area contributed by atoms with Crippen molar-refractivity contribution in [2.24, 2.45) is 0 Å². The van der Waals surface area contributed by atoms with Gasteiger partial charge in [0.1, 0.15) is 0 Å². The first-order valence-electron chi connectivity index (χ1n) is 5.97. The molecule has 0 spiro atoms. The van der Waals surface area contributed by atoms with E-state index in [4.69, 9.17) is 5.73 Å². The third-order valence-electron chi connectivity index (χ3n) is 3.04. The van der Waals surface area contributed by atoms with E-state index in [-0.39, 0.29) is 11.2 Å². The second-order valence-electron chi connectivity index (χ2n) is 4.37. The Balaban J connectivity index is 2.26. The van der Waals surface area contributed by atoms with Gasteiger partial charge in [-0.05, 0) is 24.6 Å². The second kappa shape index (κ2) is 5.00. The van der Waals surface area contributed by atoms with E-state index in [0.717, 1.165) is 29.8 Å². The van der Waals surface area contributed by atoms with Gasteiger partial charge in [-0.2, -0.15) is 0 Å². The van der Waals surface area contributed by atoms with Crippen LogP contribution in [0.25, 0.3) is 0 Å². The largest absolute Gasteiger partial charge is 0.399 e. The number of nitrogens with two attached hydrogens (primary N) is 1. The van der Waals surface area contributed by atoms with Crippen LogP contribution in [0.5, 0.6) is 0 Å². The number of carbonyl (C=O) groups excluding carboxylic acids is 1. The fourth-order valence-corrected chi connectivity index (χ4v) is 3.32. The molecule has 17 heavy (non-hydrogen) atoms. The summed E-state index contributed by atoms with van der Waals surface area (Å²) in [6, 6.07) is 5.78. The molecule has 1 unspecified atom stereocenters. The Morgan fingerprint density at radius 1 is 1.47 bits per heavy atom. The van der Waals surface area contributed by atoms with Crippen molar-refractivity contribution >= 4 is 29.0 Å². The van der Waals surface area contributed by atoms with Crippen LogP contribution < -0.4 is 10.6 Å². The molecule has 0 aliphatic carbocycles. The van der Waals surface area contributed by atoms with Crippen molar-refractivity contribution in [2.45, 2.75) is 36.3 Å². The molecule has 1 heterocycles. The predicted octanol–water partition coefficient (Wildman–Crippen LogP) is 2.90. The quantitative estimate of drug-likeness (QED) is 0.839. The van der Waals surface area contributed by atoms with E-state index in [0.29, 0.717) is 5.69 Å². The molecule has 0 saturated heterocycles. The fourth-order valence-electron chi connectivity index (χ4n) is 2.01. The minimum absolute atomic E-state index is 0.0658. The first kappa shape index (κ1) is 12.3. The maximum Gasteiger partial charge on any atom is 0.240 e. The minimum atomic E-state index is 0.0658. The van der Waals surface area contributed by atoms with E-state index >= 15 is 0 Å². The standard InChI is InChI=1S/C13H18N2OS/c1-3-4-5-12-13(16)15(2)10-8-9(14)6-7-11(10)17-12/h6-8,12H,3-5,14H2,1-2H3. The van der Waals surface area contributed by atoms with Crippen LogP contribution >= 0.6 is 11.8 Å². The maximum atomic E-state index is 12.2. The van der Waals surface area contributed by atoms with Gasteiger partial charge in [0.2, 0.25) is 5.91 Å². The van der Waals surface area contributed by atoms with E-state index in [1.54, 1.807) is 16.7 Å². The molecule has 1 aliphatic heterocycles. The number of nitrogens with zero attached hydrogens (tertiary/aromatic N) is 1. The molecular weight excluding hydrogens is 232 g/mol. The molecule has 1 atom stereocenters. The maximum absolute atomic E-state index is 12.2. The van der Waals surface area contributed by atoms with Crippen LogP contribution in [-0.4, -0.2) is 18.2 Å². The number of nitrogen functional groups attached to an aromatic ring is 1. The number of rotatable bonds is 3. The fraction of sp³-hybridized carbons (Fsp3) is 0.462. The monoisotopic (exact) mass is 250 g/mol. The van der Waals surface area contributed by atoms with Crippen LogP contribution in [0.15, 0.2) is 23.1 Å². The van der Waals surface area contributed by atoms with Crippen LogP contribution in [-0.2, 0) is 4.79 Å². The Morgan fingerprint density at radius 2 is 2.24 bits per heavy atom. The first-order chi connectivity index (χ1) is 8.13. The summed E-state index contributed by atoms with van der Waals surface area (Å²) in [6.07, 6.45) is 3.18. The van der Waals surface area contributed by atoms with Gasteiger partial charge >= 0.3 is 0 Å². The van der Waals surface area contributed by atoms with Crippen LogP contribution in [0.3, 0.4) is 0 Å². The molecule has 1 aromatic rings. The lowest BCUT2D eigenvalue weighted by atomic mass is 10.1. The molecule has 2 rings (SSSR count). The normalized spacial score (nSPS) is 19.3. The first-order valence-corrected chi connectivity index (χ1v) is 6.85.